The molecule has 0 saturated heterocycles. The standard InChI is InChI=1S/C15H20ClN3OS2/c1-9-12(14(20)19(4)8-15(2,3)7-17)22-13(18-9)10-5-6-11(16)21-10/h5-6H,7-8,17H2,1-4H3. The number of thiophene rings is 1. The van der Waals surface area contributed by atoms with Crippen LogP contribution in [0.15, 0.2) is 12.1 Å². The van der Waals surface area contributed by atoms with Crippen LogP contribution in [-0.2, 0) is 0 Å². The van der Waals surface area contributed by atoms with E-state index in [1.165, 1.54) is 22.7 Å². The van der Waals surface area contributed by atoms with Crippen LogP contribution in [0.4, 0.5) is 0 Å². The Balaban J connectivity index is 2.22. The van der Waals surface area contributed by atoms with E-state index >= 15 is 0 Å². The molecule has 120 valence electrons. The van der Waals surface area contributed by atoms with Crippen molar-refractivity contribution >= 4 is 40.2 Å². The predicted molar refractivity (Wildman–Crippen MR) is 95.0 cm³/mol. The van der Waals surface area contributed by atoms with Gasteiger partial charge in [-0.25, -0.2) is 4.98 Å². The maximum absolute atomic E-state index is 12.6. The average Bonchev–Trinajstić information content (AvgIpc) is 3.03. The number of nitrogens with zero attached hydrogens (tertiary/aromatic N) is 2. The third-order valence-corrected chi connectivity index (χ3v) is 5.89. The van der Waals surface area contributed by atoms with Crippen molar-refractivity contribution in [3.05, 3.63) is 27.0 Å². The summed E-state index contributed by atoms with van der Waals surface area (Å²) in [6.07, 6.45) is 0. The normalized spacial score (nSPS) is 11.7. The molecule has 0 aliphatic carbocycles. The van der Waals surface area contributed by atoms with Crippen molar-refractivity contribution in [2.75, 3.05) is 20.1 Å². The van der Waals surface area contributed by atoms with Gasteiger partial charge in [0, 0.05) is 13.6 Å². The van der Waals surface area contributed by atoms with Crippen LogP contribution in [0.3, 0.4) is 0 Å². The van der Waals surface area contributed by atoms with Crippen LogP contribution in [0.5, 0.6) is 0 Å². The number of halogens is 1. The molecule has 7 heteroatoms. The molecular formula is C15H20ClN3OS2. The first kappa shape index (κ1) is 17.4. The van der Waals surface area contributed by atoms with Crippen LogP contribution in [-0.4, -0.2) is 35.9 Å². The van der Waals surface area contributed by atoms with Crippen molar-refractivity contribution in [3.8, 4) is 9.88 Å². The van der Waals surface area contributed by atoms with Gasteiger partial charge in [0.05, 0.1) is 14.9 Å². The minimum Gasteiger partial charge on any atom is -0.340 e. The van der Waals surface area contributed by atoms with Gasteiger partial charge in [-0.15, -0.1) is 22.7 Å². The minimum absolute atomic E-state index is 0.00886. The topological polar surface area (TPSA) is 59.2 Å². The molecule has 0 bridgehead atoms. The SMILES string of the molecule is Cc1nc(-c2ccc(Cl)s2)sc1C(=O)N(C)CC(C)(C)CN. The third kappa shape index (κ3) is 3.87. The first-order chi connectivity index (χ1) is 10.2. The predicted octanol–water partition coefficient (Wildman–Crippen LogP) is 3.89. The van der Waals surface area contributed by atoms with Crippen LogP contribution >= 0.6 is 34.3 Å². The number of aryl methyl sites for hydroxylation is 1. The van der Waals surface area contributed by atoms with Gasteiger partial charge >= 0.3 is 0 Å². The quantitative estimate of drug-likeness (QED) is 0.883. The van der Waals surface area contributed by atoms with Gasteiger partial charge in [0.15, 0.2) is 0 Å². The highest BCUT2D eigenvalue weighted by Gasteiger charge is 2.25. The summed E-state index contributed by atoms with van der Waals surface area (Å²) >= 11 is 8.85. The molecule has 0 saturated carbocycles. The van der Waals surface area contributed by atoms with Gasteiger partial charge in [0.2, 0.25) is 0 Å². The molecule has 2 heterocycles. The minimum atomic E-state index is -0.104. The van der Waals surface area contributed by atoms with Crippen molar-refractivity contribution in [1.82, 2.24) is 9.88 Å². The van der Waals surface area contributed by atoms with Gasteiger partial charge < -0.3 is 10.6 Å². The van der Waals surface area contributed by atoms with Crippen LogP contribution in [0, 0.1) is 12.3 Å². The molecule has 0 radical (unpaired) electrons. The van der Waals surface area contributed by atoms with Crippen LogP contribution < -0.4 is 5.73 Å². The van der Waals surface area contributed by atoms with Crippen LogP contribution in [0.25, 0.3) is 9.88 Å². The molecule has 4 nitrogen and oxygen atoms in total. The smallest absolute Gasteiger partial charge is 0.265 e. The number of carbonyl (C=O) groups excluding carboxylic acids is 1. The zero-order valence-corrected chi connectivity index (χ0v) is 15.5. The van der Waals surface area contributed by atoms with E-state index in [2.05, 4.69) is 18.8 Å². The second-order valence-electron chi connectivity index (χ2n) is 6.07. The number of aromatic nitrogens is 1. The van der Waals surface area contributed by atoms with Gasteiger partial charge in [-0.3, -0.25) is 4.79 Å². The maximum Gasteiger partial charge on any atom is 0.265 e. The lowest BCUT2D eigenvalue weighted by atomic mass is 9.93. The zero-order chi connectivity index (χ0) is 16.5. The summed E-state index contributed by atoms with van der Waals surface area (Å²) in [6, 6.07) is 3.77. The number of hydrogen-bond donors (Lipinski definition) is 1. The van der Waals surface area contributed by atoms with E-state index in [0.29, 0.717) is 18.0 Å². The number of carbonyl (C=O) groups is 1. The first-order valence-corrected chi connectivity index (χ1v) is 8.93. The number of rotatable bonds is 5. The summed E-state index contributed by atoms with van der Waals surface area (Å²) in [6.45, 7) is 7.11. The van der Waals surface area contributed by atoms with Gasteiger partial charge in [0.1, 0.15) is 9.88 Å². The highest BCUT2D eigenvalue weighted by Crippen LogP contribution is 2.35. The van der Waals surface area contributed by atoms with Crippen LogP contribution in [0.1, 0.15) is 29.2 Å². The van der Waals surface area contributed by atoms with E-state index in [-0.39, 0.29) is 11.3 Å². The number of amides is 1. The van der Waals surface area contributed by atoms with Gasteiger partial charge in [0.25, 0.3) is 5.91 Å². The second kappa shape index (κ2) is 6.66. The van der Waals surface area contributed by atoms with Gasteiger partial charge in [-0.2, -0.15) is 0 Å². The highest BCUT2D eigenvalue weighted by molar-refractivity contribution is 7.24. The Morgan fingerprint density at radius 3 is 2.64 bits per heavy atom. The molecule has 0 unspecified atom stereocenters. The molecule has 2 N–H and O–H groups in total. The molecule has 0 fully saturated rings. The fraction of sp³-hybridized carbons (Fsp3) is 0.467. The van der Waals surface area contributed by atoms with Crippen molar-refractivity contribution in [2.45, 2.75) is 20.8 Å². The fourth-order valence-corrected chi connectivity index (χ4v) is 4.24. The lowest BCUT2D eigenvalue weighted by molar-refractivity contribution is 0.0744. The van der Waals surface area contributed by atoms with Gasteiger partial charge in [-0.05, 0) is 31.0 Å². The Hall–Kier alpha value is -0.950. The molecule has 2 aromatic heterocycles. The Labute approximate surface area is 143 Å². The molecule has 0 aliphatic rings. The monoisotopic (exact) mass is 357 g/mol. The van der Waals surface area contributed by atoms with E-state index in [1.807, 2.05) is 19.1 Å². The molecule has 0 aromatic carbocycles. The van der Waals surface area contributed by atoms with E-state index in [0.717, 1.165) is 19.9 Å². The Kier molecular flexibility index (Phi) is 5.27. The molecule has 2 aromatic rings. The van der Waals surface area contributed by atoms with Crippen molar-refractivity contribution in [2.24, 2.45) is 11.1 Å². The molecule has 0 spiro atoms. The Morgan fingerprint density at radius 2 is 2.09 bits per heavy atom. The summed E-state index contributed by atoms with van der Waals surface area (Å²) < 4.78 is 0.720. The molecule has 1 amide bonds. The molecule has 2 rings (SSSR count). The van der Waals surface area contributed by atoms with E-state index in [1.54, 1.807) is 11.9 Å². The summed E-state index contributed by atoms with van der Waals surface area (Å²) in [5.74, 6) is -0.00886. The number of nitrogens with two attached hydrogens (primary N) is 1. The Bertz CT molecular complexity index is 678. The van der Waals surface area contributed by atoms with E-state index in [9.17, 15) is 4.79 Å². The van der Waals surface area contributed by atoms with E-state index < -0.39 is 0 Å². The lowest BCUT2D eigenvalue weighted by Crippen LogP contribution is -2.39. The number of thiazole rings is 1. The first-order valence-electron chi connectivity index (χ1n) is 6.92. The fourth-order valence-electron chi connectivity index (χ4n) is 2.08. The van der Waals surface area contributed by atoms with E-state index in [4.69, 9.17) is 17.3 Å². The average molecular weight is 358 g/mol. The maximum atomic E-state index is 12.6. The molecule has 0 atom stereocenters. The second-order valence-corrected chi connectivity index (χ2v) is 8.78. The summed E-state index contributed by atoms with van der Waals surface area (Å²) in [4.78, 5) is 20.5. The molecular weight excluding hydrogens is 338 g/mol. The molecule has 22 heavy (non-hydrogen) atoms. The summed E-state index contributed by atoms with van der Waals surface area (Å²) in [5.41, 5.74) is 6.40. The van der Waals surface area contributed by atoms with Gasteiger partial charge in [-0.1, -0.05) is 25.4 Å². The van der Waals surface area contributed by atoms with Crippen molar-refractivity contribution in [3.63, 3.8) is 0 Å². The van der Waals surface area contributed by atoms with Crippen molar-refractivity contribution < 1.29 is 4.79 Å². The summed E-state index contributed by atoms with van der Waals surface area (Å²) in [5, 5.41) is 0.837. The largest absolute Gasteiger partial charge is 0.340 e. The third-order valence-electron chi connectivity index (χ3n) is 3.34. The Morgan fingerprint density at radius 1 is 1.41 bits per heavy atom. The number of hydrogen-bond acceptors (Lipinski definition) is 5. The highest BCUT2D eigenvalue weighted by atomic mass is 35.5. The lowest BCUT2D eigenvalue weighted by Gasteiger charge is -2.28. The zero-order valence-electron chi connectivity index (χ0n) is 13.1. The summed E-state index contributed by atoms with van der Waals surface area (Å²) in [7, 11) is 1.81. The van der Waals surface area contributed by atoms with Crippen molar-refractivity contribution in [1.29, 1.82) is 0 Å². The molecule has 0 aliphatic heterocycles. The van der Waals surface area contributed by atoms with Crippen LogP contribution in [0.2, 0.25) is 4.34 Å².